The van der Waals surface area contributed by atoms with E-state index in [9.17, 15) is 9.90 Å². The molecule has 0 aliphatic carbocycles. The second-order valence-corrected chi connectivity index (χ2v) is 4.49. The van der Waals surface area contributed by atoms with Gasteiger partial charge in [0.2, 0.25) is 0 Å². The predicted molar refractivity (Wildman–Crippen MR) is 78.6 cm³/mol. The zero-order valence-electron chi connectivity index (χ0n) is 10.6. The first-order valence-corrected chi connectivity index (χ1v) is 6.14. The van der Waals surface area contributed by atoms with Gasteiger partial charge >= 0.3 is 5.97 Å². The fourth-order valence-corrected chi connectivity index (χ4v) is 2.32. The minimum atomic E-state index is -1.01. The summed E-state index contributed by atoms with van der Waals surface area (Å²) in [6.07, 6.45) is 1.51. The highest BCUT2D eigenvalue weighted by Crippen LogP contribution is 2.31. The average Bonchev–Trinajstić information content (AvgIpc) is 2.46. The number of nitrogens with zero attached hydrogens (tertiary/aromatic N) is 1. The van der Waals surface area contributed by atoms with Gasteiger partial charge in [0.25, 0.3) is 0 Å². The van der Waals surface area contributed by atoms with Crippen molar-refractivity contribution in [1.29, 1.82) is 0 Å². The Kier molecular flexibility index (Phi) is 2.84. The van der Waals surface area contributed by atoms with Gasteiger partial charge in [-0.3, -0.25) is 0 Å². The van der Waals surface area contributed by atoms with Gasteiger partial charge in [0.1, 0.15) is 5.82 Å². The lowest BCUT2D eigenvalue weighted by Gasteiger charge is -2.10. The van der Waals surface area contributed by atoms with Crippen LogP contribution in [0.1, 0.15) is 10.4 Å². The summed E-state index contributed by atoms with van der Waals surface area (Å²) in [7, 11) is 0. The highest BCUT2D eigenvalue weighted by molar-refractivity contribution is 6.03. The van der Waals surface area contributed by atoms with Gasteiger partial charge in [0.15, 0.2) is 0 Å². The molecular formula is C16H12N2O2. The van der Waals surface area contributed by atoms with Crippen LogP contribution in [0.3, 0.4) is 0 Å². The maximum Gasteiger partial charge on any atom is 0.336 e. The molecule has 3 aromatic rings. The molecule has 0 fully saturated rings. The Bertz CT molecular complexity index is 807. The largest absolute Gasteiger partial charge is 0.478 e. The molecule has 98 valence electrons. The zero-order valence-corrected chi connectivity index (χ0v) is 10.6. The Morgan fingerprint density at radius 2 is 1.80 bits per heavy atom. The molecule has 0 unspecified atom stereocenters. The van der Waals surface area contributed by atoms with E-state index in [1.807, 2.05) is 42.5 Å². The number of hydrogen-bond donors (Lipinski definition) is 2. The van der Waals surface area contributed by atoms with Crippen molar-refractivity contribution in [2.45, 2.75) is 0 Å². The van der Waals surface area contributed by atoms with Crippen molar-refractivity contribution in [1.82, 2.24) is 4.98 Å². The van der Waals surface area contributed by atoms with Gasteiger partial charge in [0.05, 0.1) is 5.56 Å². The highest BCUT2D eigenvalue weighted by Gasteiger charge is 2.14. The van der Waals surface area contributed by atoms with Crippen molar-refractivity contribution in [3.8, 4) is 11.1 Å². The van der Waals surface area contributed by atoms with Gasteiger partial charge in [0, 0.05) is 11.8 Å². The number of carboxylic acids is 1. The third-order valence-corrected chi connectivity index (χ3v) is 3.24. The number of hydrogen-bond acceptors (Lipinski definition) is 3. The Morgan fingerprint density at radius 1 is 1.05 bits per heavy atom. The second kappa shape index (κ2) is 4.66. The van der Waals surface area contributed by atoms with Crippen molar-refractivity contribution >= 4 is 22.6 Å². The van der Waals surface area contributed by atoms with E-state index in [1.54, 1.807) is 0 Å². The standard InChI is InChI=1S/C16H12N2O2/c17-15-8-13(16(19)20)14(9-18-15)12-7-3-5-10-4-1-2-6-11(10)12/h1-9H,(H2,17,18)(H,19,20). The van der Waals surface area contributed by atoms with Crippen LogP contribution in [0.15, 0.2) is 54.7 Å². The summed E-state index contributed by atoms with van der Waals surface area (Å²) in [6.45, 7) is 0. The highest BCUT2D eigenvalue weighted by atomic mass is 16.4. The topological polar surface area (TPSA) is 76.2 Å². The first kappa shape index (κ1) is 12.2. The minimum absolute atomic E-state index is 0.161. The van der Waals surface area contributed by atoms with Crippen LogP contribution in [0.25, 0.3) is 21.9 Å². The molecule has 0 bridgehead atoms. The summed E-state index contributed by atoms with van der Waals surface area (Å²) in [4.78, 5) is 15.4. The number of fused-ring (bicyclic) bond motifs is 1. The lowest BCUT2D eigenvalue weighted by Crippen LogP contribution is -2.03. The molecule has 0 spiro atoms. The summed E-state index contributed by atoms with van der Waals surface area (Å²) in [5.74, 6) is -0.812. The predicted octanol–water partition coefficient (Wildman–Crippen LogP) is 3.18. The van der Waals surface area contributed by atoms with Crippen LogP contribution in [0.2, 0.25) is 0 Å². The van der Waals surface area contributed by atoms with E-state index >= 15 is 0 Å². The molecule has 3 N–H and O–H groups in total. The van der Waals surface area contributed by atoms with Crippen LogP contribution in [-0.2, 0) is 0 Å². The third-order valence-electron chi connectivity index (χ3n) is 3.24. The summed E-state index contributed by atoms with van der Waals surface area (Å²) >= 11 is 0. The van der Waals surface area contributed by atoms with Crippen LogP contribution >= 0.6 is 0 Å². The number of nitrogens with two attached hydrogens (primary N) is 1. The van der Waals surface area contributed by atoms with Crippen molar-refractivity contribution < 1.29 is 9.90 Å². The van der Waals surface area contributed by atoms with Gasteiger partial charge in [-0.2, -0.15) is 0 Å². The van der Waals surface area contributed by atoms with Crippen LogP contribution in [0.4, 0.5) is 5.82 Å². The van der Waals surface area contributed by atoms with Crippen molar-refractivity contribution in [3.05, 3.63) is 60.3 Å². The van der Waals surface area contributed by atoms with E-state index in [-0.39, 0.29) is 11.4 Å². The number of carbonyl (C=O) groups is 1. The van der Waals surface area contributed by atoms with Gasteiger partial charge in [-0.25, -0.2) is 9.78 Å². The van der Waals surface area contributed by atoms with E-state index in [0.717, 1.165) is 16.3 Å². The van der Waals surface area contributed by atoms with E-state index in [0.29, 0.717) is 5.56 Å². The molecule has 0 aliphatic rings. The molecular weight excluding hydrogens is 252 g/mol. The van der Waals surface area contributed by atoms with Crippen LogP contribution in [-0.4, -0.2) is 16.1 Å². The SMILES string of the molecule is Nc1cc(C(=O)O)c(-c2cccc3ccccc23)cn1. The normalized spacial score (nSPS) is 10.6. The van der Waals surface area contributed by atoms with Crippen LogP contribution in [0.5, 0.6) is 0 Å². The molecule has 20 heavy (non-hydrogen) atoms. The lowest BCUT2D eigenvalue weighted by atomic mass is 9.96. The lowest BCUT2D eigenvalue weighted by molar-refractivity contribution is 0.0697. The summed E-state index contributed by atoms with van der Waals surface area (Å²) in [5.41, 5.74) is 7.16. The molecule has 0 aliphatic heterocycles. The number of rotatable bonds is 2. The van der Waals surface area contributed by atoms with Crippen LogP contribution < -0.4 is 5.73 Å². The molecule has 0 atom stereocenters. The molecule has 4 nitrogen and oxygen atoms in total. The zero-order chi connectivity index (χ0) is 14.1. The minimum Gasteiger partial charge on any atom is -0.478 e. The number of anilines is 1. The van der Waals surface area contributed by atoms with Crippen molar-refractivity contribution in [2.75, 3.05) is 5.73 Å². The van der Waals surface area contributed by atoms with Gasteiger partial charge < -0.3 is 10.8 Å². The Morgan fingerprint density at radius 3 is 2.60 bits per heavy atom. The Labute approximate surface area is 115 Å². The average molecular weight is 264 g/mol. The molecule has 3 rings (SSSR count). The summed E-state index contributed by atoms with van der Waals surface area (Å²) < 4.78 is 0. The smallest absolute Gasteiger partial charge is 0.336 e. The Hall–Kier alpha value is -2.88. The Balaban J connectivity index is 2.34. The quantitative estimate of drug-likeness (QED) is 0.745. The maximum atomic E-state index is 11.4. The number of benzene rings is 2. The van der Waals surface area contributed by atoms with Crippen LogP contribution in [0, 0.1) is 0 Å². The molecule has 0 saturated carbocycles. The molecule has 0 radical (unpaired) electrons. The third kappa shape index (κ3) is 1.97. The first-order valence-electron chi connectivity index (χ1n) is 6.14. The first-order chi connectivity index (χ1) is 9.66. The summed E-state index contributed by atoms with van der Waals surface area (Å²) in [6, 6.07) is 15.0. The molecule has 2 aromatic carbocycles. The number of aromatic carboxylic acids is 1. The second-order valence-electron chi connectivity index (χ2n) is 4.49. The maximum absolute atomic E-state index is 11.4. The number of aromatic nitrogens is 1. The number of nitrogen functional groups attached to an aromatic ring is 1. The number of pyridine rings is 1. The van der Waals surface area contributed by atoms with E-state index in [2.05, 4.69) is 4.98 Å². The molecule has 1 heterocycles. The fourth-order valence-electron chi connectivity index (χ4n) is 2.32. The van der Waals surface area contributed by atoms with Crippen molar-refractivity contribution in [3.63, 3.8) is 0 Å². The molecule has 1 aromatic heterocycles. The van der Waals surface area contributed by atoms with Gasteiger partial charge in [-0.15, -0.1) is 0 Å². The van der Waals surface area contributed by atoms with E-state index < -0.39 is 5.97 Å². The van der Waals surface area contributed by atoms with E-state index in [1.165, 1.54) is 12.3 Å². The molecule has 0 amide bonds. The fraction of sp³-hybridized carbons (Fsp3) is 0. The summed E-state index contributed by atoms with van der Waals surface area (Å²) in [5, 5.41) is 11.4. The number of carboxylic acid groups (broad SMARTS) is 1. The molecule has 4 heteroatoms. The van der Waals surface area contributed by atoms with E-state index in [4.69, 9.17) is 5.73 Å². The van der Waals surface area contributed by atoms with Gasteiger partial charge in [-0.1, -0.05) is 42.5 Å². The monoisotopic (exact) mass is 264 g/mol. The molecule has 0 saturated heterocycles. The van der Waals surface area contributed by atoms with Crippen molar-refractivity contribution in [2.24, 2.45) is 0 Å². The van der Waals surface area contributed by atoms with Gasteiger partial charge in [-0.05, 0) is 22.4 Å².